The van der Waals surface area contributed by atoms with E-state index in [2.05, 4.69) is 69.2 Å². The van der Waals surface area contributed by atoms with Gasteiger partial charge in [0, 0.05) is 5.56 Å². The van der Waals surface area contributed by atoms with E-state index in [1.54, 1.807) is 0 Å². The summed E-state index contributed by atoms with van der Waals surface area (Å²) in [7, 11) is 0. The molecule has 7 heteroatoms. The number of carbonyl (C=O) groups excluding carboxylic acids is 1. The third-order valence-electron chi connectivity index (χ3n) is 7.22. The number of aromatic nitrogens is 2. The van der Waals surface area contributed by atoms with E-state index in [4.69, 9.17) is 13.9 Å². The lowest BCUT2D eigenvalue weighted by Crippen LogP contribution is -2.24. The molecule has 37 heavy (non-hydrogen) atoms. The Balaban J connectivity index is 1.68. The smallest absolute Gasteiger partial charge is 0.322 e. The van der Waals surface area contributed by atoms with Gasteiger partial charge in [-0.05, 0) is 66.3 Å². The van der Waals surface area contributed by atoms with Crippen molar-refractivity contribution in [1.82, 2.24) is 10.2 Å². The number of rotatable bonds is 12. The monoisotopic (exact) mass is 507 g/mol. The summed E-state index contributed by atoms with van der Waals surface area (Å²) in [5, 5.41) is 10.7. The van der Waals surface area contributed by atoms with E-state index in [-0.39, 0.29) is 29.4 Å². The normalized spacial score (nSPS) is 12.8. The maximum Gasteiger partial charge on any atom is 0.322 e. The predicted molar refractivity (Wildman–Crippen MR) is 146 cm³/mol. The third-order valence-corrected chi connectivity index (χ3v) is 7.22. The van der Waals surface area contributed by atoms with Crippen LogP contribution in [0.15, 0.2) is 46.9 Å². The molecule has 0 saturated carbocycles. The summed E-state index contributed by atoms with van der Waals surface area (Å²) < 4.78 is 17.7. The summed E-state index contributed by atoms with van der Waals surface area (Å²) in [6.45, 7) is 17.0. The van der Waals surface area contributed by atoms with Crippen LogP contribution in [0.4, 0.5) is 6.01 Å². The van der Waals surface area contributed by atoms with Crippen molar-refractivity contribution < 1.29 is 18.7 Å². The Kier molecular flexibility index (Phi) is 9.00. The highest BCUT2D eigenvalue weighted by atomic mass is 16.5. The lowest BCUT2D eigenvalue weighted by molar-refractivity contribution is -0.118. The van der Waals surface area contributed by atoms with Gasteiger partial charge in [0.25, 0.3) is 11.8 Å². The van der Waals surface area contributed by atoms with Crippen molar-refractivity contribution in [3.05, 3.63) is 65.0 Å². The van der Waals surface area contributed by atoms with Crippen molar-refractivity contribution in [2.45, 2.75) is 91.6 Å². The minimum Gasteiger partial charge on any atom is -0.483 e. The van der Waals surface area contributed by atoms with E-state index in [1.807, 2.05) is 44.2 Å². The maximum absolute atomic E-state index is 12.7. The van der Waals surface area contributed by atoms with Crippen molar-refractivity contribution >= 4 is 11.9 Å². The van der Waals surface area contributed by atoms with E-state index < -0.39 is 6.10 Å². The van der Waals surface area contributed by atoms with Crippen molar-refractivity contribution in [2.75, 3.05) is 11.9 Å². The fraction of sp³-hybridized carbons (Fsp3) is 0.500. The van der Waals surface area contributed by atoms with Gasteiger partial charge in [-0.25, -0.2) is 0 Å². The van der Waals surface area contributed by atoms with Gasteiger partial charge in [0.2, 0.25) is 0 Å². The fourth-order valence-corrected chi connectivity index (χ4v) is 3.88. The first-order valence-corrected chi connectivity index (χ1v) is 13.1. The first-order chi connectivity index (χ1) is 17.5. The van der Waals surface area contributed by atoms with E-state index in [1.165, 1.54) is 5.56 Å². The summed E-state index contributed by atoms with van der Waals surface area (Å²) in [5.41, 5.74) is 3.42. The van der Waals surface area contributed by atoms with Crippen LogP contribution >= 0.6 is 0 Å². The van der Waals surface area contributed by atoms with Gasteiger partial charge in [0.05, 0.1) is 0 Å². The molecule has 0 saturated heterocycles. The molecule has 0 spiro atoms. The summed E-state index contributed by atoms with van der Waals surface area (Å²) in [6, 6.07) is 14.1. The molecule has 3 aromatic rings. The van der Waals surface area contributed by atoms with Crippen LogP contribution in [0.5, 0.6) is 11.5 Å². The lowest BCUT2D eigenvalue weighted by Gasteiger charge is -2.30. The standard InChI is InChI=1S/C30H41N3O4/c1-9-24(36-22-14-12-13-20(4)17-22)27-32-33-28(37-27)31-26(34)19-35-25-16-15-21(29(5,6)10-2)18-23(25)30(7,8)11-3/h12-18,24H,9-11,19H2,1-8H3,(H,31,33,34). The van der Waals surface area contributed by atoms with Gasteiger partial charge < -0.3 is 13.9 Å². The molecule has 2 aromatic carbocycles. The summed E-state index contributed by atoms with van der Waals surface area (Å²) >= 11 is 0. The molecule has 1 heterocycles. The predicted octanol–water partition coefficient (Wildman–Crippen LogP) is 7.30. The Morgan fingerprint density at radius 2 is 1.73 bits per heavy atom. The number of carbonyl (C=O) groups is 1. The summed E-state index contributed by atoms with van der Waals surface area (Å²) in [4.78, 5) is 12.7. The molecule has 7 nitrogen and oxygen atoms in total. The highest BCUT2D eigenvalue weighted by Gasteiger charge is 2.27. The molecule has 200 valence electrons. The Morgan fingerprint density at radius 1 is 1.00 bits per heavy atom. The average molecular weight is 508 g/mol. The SMILES string of the molecule is CCC(Oc1cccc(C)c1)c1nnc(NC(=O)COc2ccc(C(C)(C)CC)cc2C(C)(C)CC)o1. The van der Waals surface area contributed by atoms with Gasteiger partial charge in [-0.3, -0.25) is 10.1 Å². The quantitative estimate of drug-likeness (QED) is 0.277. The van der Waals surface area contributed by atoms with Crippen molar-refractivity contribution in [1.29, 1.82) is 0 Å². The number of anilines is 1. The number of amides is 1. The second kappa shape index (κ2) is 11.8. The molecule has 0 fully saturated rings. The van der Waals surface area contributed by atoms with Gasteiger partial charge in [-0.2, -0.15) is 0 Å². The molecule has 1 atom stereocenters. The number of nitrogens with zero attached hydrogens (tertiary/aromatic N) is 2. The third kappa shape index (κ3) is 7.12. The first-order valence-electron chi connectivity index (χ1n) is 13.1. The van der Waals surface area contributed by atoms with E-state index in [9.17, 15) is 4.79 Å². The fourth-order valence-electron chi connectivity index (χ4n) is 3.88. The van der Waals surface area contributed by atoms with E-state index in [0.29, 0.717) is 18.1 Å². The zero-order valence-corrected chi connectivity index (χ0v) is 23.5. The van der Waals surface area contributed by atoms with Crippen LogP contribution in [0.1, 0.15) is 96.4 Å². The first kappa shape index (κ1) is 28.2. The zero-order chi connectivity index (χ0) is 27.2. The number of hydrogen-bond acceptors (Lipinski definition) is 6. The Morgan fingerprint density at radius 3 is 2.38 bits per heavy atom. The van der Waals surface area contributed by atoms with Crippen LogP contribution in [0.2, 0.25) is 0 Å². The van der Waals surface area contributed by atoms with Gasteiger partial charge in [-0.1, -0.05) is 77.8 Å². The molecule has 1 unspecified atom stereocenters. The maximum atomic E-state index is 12.7. The Hall–Kier alpha value is -3.35. The van der Waals surface area contributed by atoms with Crippen molar-refractivity contribution in [3.8, 4) is 11.5 Å². The van der Waals surface area contributed by atoms with Gasteiger partial charge in [0.1, 0.15) is 11.5 Å². The lowest BCUT2D eigenvalue weighted by atomic mass is 9.76. The Labute approximate surface area is 221 Å². The van der Waals surface area contributed by atoms with Crippen molar-refractivity contribution in [3.63, 3.8) is 0 Å². The summed E-state index contributed by atoms with van der Waals surface area (Å²) in [6.07, 6.45) is 2.19. The molecule has 0 bridgehead atoms. The minimum atomic E-state index is -0.416. The highest BCUT2D eigenvalue weighted by molar-refractivity contribution is 5.89. The molecular formula is C30H41N3O4. The van der Waals surface area contributed by atoms with Crippen LogP contribution in [-0.4, -0.2) is 22.7 Å². The molecule has 1 aromatic heterocycles. The van der Waals surface area contributed by atoms with E-state index >= 15 is 0 Å². The minimum absolute atomic E-state index is 0.0176. The molecular weight excluding hydrogens is 466 g/mol. The number of aryl methyl sites for hydroxylation is 1. The number of nitrogens with one attached hydrogen (secondary N) is 1. The van der Waals surface area contributed by atoms with Crippen LogP contribution in [-0.2, 0) is 15.6 Å². The van der Waals surface area contributed by atoms with Crippen LogP contribution in [0, 0.1) is 6.92 Å². The van der Waals surface area contributed by atoms with Crippen LogP contribution in [0.3, 0.4) is 0 Å². The number of ether oxygens (including phenoxy) is 2. The van der Waals surface area contributed by atoms with E-state index in [0.717, 1.165) is 29.7 Å². The topological polar surface area (TPSA) is 86.5 Å². The molecule has 3 rings (SSSR count). The molecule has 0 aliphatic heterocycles. The van der Waals surface area contributed by atoms with Gasteiger partial charge in [-0.15, -0.1) is 5.10 Å². The molecule has 1 N–H and O–H groups in total. The van der Waals surface area contributed by atoms with Gasteiger partial charge in [0.15, 0.2) is 12.7 Å². The largest absolute Gasteiger partial charge is 0.483 e. The average Bonchev–Trinajstić information content (AvgIpc) is 3.34. The second-order valence-electron chi connectivity index (χ2n) is 10.8. The van der Waals surface area contributed by atoms with Crippen LogP contribution in [0.25, 0.3) is 0 Å². The summed E-state index contributed by atoms with van der Waals surface area (Å²) in [5.74, 6) is 1.37. The molecule has 0 aliphatic rings. The molecule has 1 amide bonds. The highest BCUT2D eigenvalue weighted by Crippen LogP contribution is 2.38. The number of hydrogen-bond donors (Lipinski definition) is 1. The number of benzene rings is 2. The Bertz CT molecular complexity index is 1200. The molecule has 0 aliphatic carbocycles. The zero-order valence-electron chi connectivity index (χ0n) is 23.5. The van der Waals surface area contributed by atoms with Crippen LogP contribution < -0.4 is 14.8 Å². The van der Waals surface area contributed by atoms with Gasteiger partial charge >= 0.3 is 6.01 Å². The van der Waals surface area contributed by atoms with Crippen molar-refractivity contribution in [2.24, 2.45) is 0 Å². The molecule has 0 radical (unpaired) electrons. The second-order valence-corrected chi connectivity index (χ2v) is 10.8.